The molecule has 0 spiro atoms. The second-order valence-corrected chi connectivity index (χ2v) is 8.85. The van der Waals surface area contributed by atoms with E-state index in [1.54, 1.807) is 23.6 Å². The number of hydrogen-bond acceptors (Lipinski definition) is 4. The first-order valence-corrected chi connectivity index (χ1v) is 10.7. The SMILES string of the molecule is Cc1cc2c(N3CCC[C@@H](C(=O)NCc4ccccc4C(F)(F)F)C3)nccc2s1. The van der Waals surface area contributed by atoms with Gasteiger partial charge in [-0.05, 0) is 43.5 Å². The highest BCUT2D eigenvalue weighted by Crippen LogP contribution is 2.34. The molecule has 1 atom stereocenters. The van der Waals surface area contributed by atoms with Gasteiger partial charge in [-0.2, -0.15) is 13.2 Å². The first kappa shape index (κ1) is 20.7. The average molecular weight is 433 g/mol. The summed E-state index contributed by atoms with van der Waals surface area (Å²) in [5.41, 5.74) is -0.634. The number of fused-ring (bicyclic) bond motifs is 1. The van der Waals surface area contributed by atoms with Crippen LogP contribution in [-0.2, 0) is 17.5 Å². The van der Waals surface area contributed by atoms with Gasteiger partial charge in [0.1, 0.15) is 5.82 Å². The number of halogens is 3. The fourth-order valence-electron chi connectivity index (χ4n) is 3.99. The lowest BCUT2D eigenvalue weighted by Crippen LogP contribution is -2.43. The van der Waals surface area contributed by atoms with E-state index in [0.29, 0.717) is 13.0 Å². The summed E-state index contributed by atoms with van der Waals surface area (Å²) in [6.45, 7) is 3.23. The molecule has 3 aromatic rings. The van der Waals surface area contributed by atoms with E-state index in [0.717, 1.165) is 34.9 Å². The number of thiophene rings is 1. The summed E-state index contributed by atoms with van der Waals surface area (Å²) in [4.78, 5) is 20.6. The third-order valence-electron chi connectivity index (χ3n) is 5.42. The van der Waals surface area contributed by atoms with Crippen LogP contribution in [0, 0.1) is 12.8 Å². The third-order valence-corrected chi connectivity index (χ3v) is 6.43. The van der Waals surface area contributed by atoms with Gasteiger partial charge < -0.3 is 10.2 Å². The Morgan fingerprint density at radius 3 is 2.90 bits per heavy atom. The van der Waals surface area contributed by atoms with Crippen LogP contribution in [0.1, 0.15) is 28.8 Å². The van der Waals surface area contributed by atoms with Crippen molar-refractivity contribution in [1.29, 1.82) is 0 Å². The van der Waals surface area contributed by atoms with Crippen LogP contribution in [0.25, 0.3) is 10.1 Å². The summed E-state index contributed by atoms with van der Waals surface area (Å²) < 4.78 is 40.7. The summed E-state index contributed by atoms with van der Waals surface area (Å²) >= 11 is 1.71. The number of nitrogens with one attached hydrogen (secondary N) is 1. The van der Waals surface area contributed by atoms with Crippen molar-refractivity contribution in [2.24, 2.45) is 5.92 Å². The van der Waals surface area contributed by atoms with Crippen LogP contribution in [0.2, 0.25) is 0 Å². The van der Waals surface area contributed by atoms with Gasteiger partial charge in [0.25, 0.3) is 0 Å². The molecule has 1 aromatic carbocycles. The number of carbonyl (C=O) groups excluding carboxylic acids is 1. The molecule has 1 aliphatic rings. The second-order valence-electron chi connectivity index (χ2n) is 7.56. The molecule has 1 amide bonds. The highest BCUT2D eigenvalue weighted by Gasteiger charge is 2.33. The van der Waals surface area contributed by atoms with Crippen LogP contribution < -0.4 is 10.2 Å². The van der Waals surface area contributed by atoms with Crippen molar-refractivity contribution in [3.8, 4) is 0 Å². The molecular formula is C22H22F3N3OS. The Hall–Kier alpha value is -2.61. The molecule has 4 nitrogen and oxygen atoms in total. The van der Waals surface area contributed by atoms with Crippen molar-refractivity contribution >= 4 is 33.1 Å². The predicted octanol–water partition coefficient (Wildman–Crippen LogP) is 5.16. The molecule has 4 rings (SSSR count). The van der Waals surface area contributed by atoms with E-state index in [-0.39, 0.29) is 23.9 Å². The van der Waals surface area contributed by atoms with Crippen LogP contribution in [0.4, 0.5) is 19.0 Å². The molecule has 0 bridgehead atoms. The number of nitrogens with zero attached hydrogens (tertiary/aromatic N) is 2. The molecule has 30 heavy (non-hydrogen) atoms. The first-order valence-electron chi connectivity index (χ1n) is 9.86. The standard InChI is InChI=1S/C22H22F3N3OS/c1-14-11-17-19(30-14)8-9-26-20(17)28-10-4-6-16(13-28)21(29)27-12-15-5-2-3-7-18(15)22(23,24)25/h2-3,5,7-9,11,16H,4,6,10,12-13H2,1H3,(H,27,29)/t16-/m1/s1. The van der Waals surface area contributed by atoms with Gasteiger partial charge in [-0.25, -0.2) is 4.98 Å². The Kier molecular flexibility index (Phi) is 5.69. The number of aryl methyl sites for hydroxylation is 1. The number of rotatable bonds is 4. The Morgan fingerprint density at radius 2 is 2.10 bits per heavy atom. The van der Waals surface area contributed by atoms with E-state index in [1.165, 1.54) is 17.0 Å². The summed E-state index contributed by atoms with van der Waals surface area (Å²) in [5, 5.41) is 3.79. The number of amides is 1. The highest BCUT2D eigenvalue weighted by molar-refractivity contribution is 7.19. The summed E-state index contributed by atoms with van der Waals surface area (Å²) in [7, 11) is 0. The number of carbonyl (C=O) groups is 1. The lowest BCUT2D eigenvalue weighted by molar-refractivity contribution is -0.138. The number of piperidine rings is 1. The van der Waals surface area contributed by atoms with Gasteiger partial charge in [0.05, 0.1) is 11.5 Å². The first-order chi connectivity index (χ1) is 14.3. The zero-order chi connectivity index (χ0) is 21.3. The minimum absolute atomic E-state index is 0.0752. The normalized spacial score (nSPS) is 17.3. The van der Waals surface area contributed by atoms with Gasteiger partial charge in [-0.15, -0.1) is 11.3 Å². The number of aromatic nitrogens is 1. The molecule has 158 valence electrons. The lowest BCUT2D eigenvalue weighted by atomic mass is 9.96. The average Bonchev–Trinajstić information content (AvgIpc) is 3.11. The molecule has 0 unspecified atom stereocenters. The number of anilines is 1. The summed E-state index contributed by atoms with van der Waals surface area (Å²) in [6.07, 6.45) is -1.11. The van der Waals surface area contributed by atoms with Crippen LogP contribution in [-0.4, -0.2) is 24.0 Å². The van der Waals surface area contributed by atoms with Crippen LogP contribution in [0.15, 0.2) is 42.6 Å². The summed E-state index contributed by atoms with van der Waals surface area (Å²) in [6, 6.07) is 9.45. The van der Waals surface area contributed by atoms with Crippen LogP contribution in [0.3, 0.4) is 0 Å². The van der Waals surface area contributed by atoms with E-state index < -0.39 is 11.7 Å². The van der Waals surface area contributed by atoms with Crippen molar-refractivity contribution in [3.63, 3.8) is 0 Å². The molecule has 1 aliphatic heterocycles. The Labute approximate surface area is 176 Å². The molecule has 2 aromatic heterocycles. The maximum atomic E-state index is 13.2. The molecule has 1 saturated heterocycles. The van der Waals surface area contributed by atoms with Gasteiger partial charge in [-0.3, -0.25) is 4.79 Å². The fourth-order valence-corrected chi connectivity index (χ4v) is 4.90. The van der Waals surface area contributed by atoms with E-state index >= 15 is 0 Å². The van der Waals surface area contributed by atoms with Gasteiger partial charge in [0.15, 0.2) is 0 Å². The number of pyridine rings is 1. The lowest BCUT2D eigenvalue weighted by Gasteiger charge is -2.33. The molecule has 0 radical (unpaired) electrons. The van der Waals surface area contributed by atoms with Crippen molar-refractivity contribution in [2.75, 3.05) is 18.0 Å². The van der Waals surface area contributed by atoms with Gasteiger partial charge >= 0.3 is 6.18 Å². The third kappa shape index (κ3) is 4.28. The molecule has 0 saturated carbocycles. The monoisotopic (exact) mass is 433 g/mol. The molecule has 1 fully saturated rings. The number of hydrogen-bond donors (Lipinski definition) is 1. The Morgan fingerprint density at radius 1 is 1.30 bits per heavy atom. The van der Waals surface area contributed by atoms with Crippen molar-refractivity contribution in [1.82, 2.24) is 10.3 Å². The zero-order valence-corrected chi connectivity index (χ0v) is 17.3. The highest BCUT2D eigenvalue weighted by atomic mass is 32.1. The van der Waals surface area contributed by atoms with Crippen LogP contribution >= 0.6 is 11.3 Å². The Balaban J connectivity index is 1.46. The molecular weight excluding hydrogens is 411 g/mol. The van der Waals surface area contributed by atoms with Crippen molar-refractivity contribution < 1.29 is 18.0 Å². The summed E-state index contributed by atoms with van der Waals surface area (Å²) in [5.74, 6) is 0.371. The second kappa shape index (κ2) is 8.26. The predicted molar refractivity (Wildman–Crippen MR) is 113 cm³/mol. The number of alkyl halides is 3. The maximum absolute atomic E-state index is 13.2. The molecule has 0 aliphatic carbocycles. The molecule has 8 heteroatoms. The fraction of sp³-hybridized carbons (Fsp3) is 0.364. The van der Waals surface area contributed by atoms with E-state index in [4.69, 9.17) is 0 Å². The van der Waals surface area contributed by atoms with Gasteiger partial charge in [0, 0.05) is 40.8 Å². The Bertz CT molecular complexity index is 1060. The largest absolute Gasteiger partial charge is 0.416 e. The van der Waals surface area contributed by atoms with Gasteiger partial charge in [0.2, 0.25) is 5.91 Å². The van der Waals surface area contributed by atoms with E-state index in [1.807, 2.05) is 6.07 Å². The van der Waals surface area contributed by atoms with E-state index in [9.17, 15) is 18.0 Å². The maximum Gasteiger partial charge on any atom is 0.416 e. The van der Waals surface area contributed by atoms with Crippen molar-refractivity contribution in [2.45, 2.75) is 32.5 Å². The molecule has 1 N–H and O–H groups in total. The van der Waals surface area contributed by atoms with E-state index in [2.05, 4.69) is 28.2 Å². The minimum atomic E-state index is -4.44. The zero-order valence-electron chi connectivity index (χ0n) is 16.5. The van der Waals surface area contributed by atoms with Gasteiger partial charge in [-0.1, -0.05) is 18.2 Å². The topological polar surface area (TPSA) is 45.2 Å². The number of benzene rings is 1. The molecule has 3 heterocycles. The quantitative estimate of drug-likeness (QED) is 0.619. The van der Waals surface area contributed by atoms with Crippen molar-refractivity contribution in [3.05, 3.63) is 58.6 Å². The van der Waals surface area contributed by atoms with Crippen LogP contribution in [0.5, 0.6) is 0 Å². The minimum Gasteiger partial charge on any atom is -0.355 e. The smallest absolute Gasteiger partial charge is 0.355 e.